The van der Waals surface area contributed by atoms with Gasteiger partial charge in [0.2, 0.25) is 5.43 Å². The fraction of sp³-hybridized carbons (Fsp3) is 0.759. The van der Waals surface area contributed by atoms with Gasteiger partial charge in [0.25, 0.3) is 0 Å². The van der Waals surface area contributed by atoms with Crippen LogP contribution >= 0.6 is 0 Å². The maximum absolute atomic E-state index is 14.8. The summed E-state index contributed by atoms with van der Waals surface area (Å²) < 4.78 is 65.2. The number of fused-ring (bicyclic) bond motifs is 2. The Bertz CT molecular complexity index is 2570. The lowest BCUT2D eigenvalue weighted by atomic mass is 9.74. The molecule has 5 fully saturated rings. The number of aromatic nitrogens is 1. The lowest BCUT2D eigenvalue weighted by molar-refractivity contribution is -0.320. The number of methoxy groups -OCH3 is 2. The molecule has 1 aliphatic carbocycles. The fourth-order valence-corrected chi connectivity index (χ4v) is 12.7. The summed E-state index contributed by atoms with van der Waals surface area (Å²) >= 11 is 0. The quantitative estimate of drug-likeness (QED) is 0.0861. The maximum atomic E-state index is 14.8. The molecule has 0 bridgehead atoms. The first kappa shape index (κ1) is 62.0. The first-order valence-corrected chi connectivity index (χ1v) is 28.2. The summed E-state index contributed by atoms with van der Waals surface area (Å²) in [7, 11) is 6.77. The minimum Gasteiger partial charge on any atom is -0.477 e. The average molecular weight is 1110 g/mol. The van der Waals surface area contributed by atoms with E-state index in [-0.39, 0.29) is 55.2 Å². The van der Waals surface area contributed by atoms with E-state index in [4.69, 9.17) is 47.4 Å². The van der Waals surface area contributed by atoms with Gasteiger partial charge < -0.3 is 72.4 Å². The zero-order valence-electron chi connectivity index (χ0n) is 48.6. The molecule has 442 valence electrons. The summed E-state index contributed by atoms with van der Waals surface area (Å²) in [5, 5.41) is 25.2. The number of nitrogens with zero attached hydrogens (tertiary/aromatic N) is 2. The monoisotopic (exact) mass is 1110 g/mol. The number of rotatable bonds is 18. The smallest absolute Gasteiger partial charge is 0.477 e. The molecule has 5 heterocycles. The number of Topliss-reactive ketones (excluding diaryl/α,β-unsaturated/α-hetero) is 1. The number of aromatic carboxylic acids is 1. The van der Waals surface area contributed by atoms with Crippen LogP contribution in [0.2, 0.25) is 0 Å². The number of ketones is 1. The summed E-state index contributed by atoms with van der Waals surface area (Å²) in [5.41, 5.74) is -3.10. The number of carbonyl (C=O) groups is 5. The van der Waals surface area contributed by atoms with Gasteiger partial charge in [0, 0.05) is 62.7 Å². The standard InChI is InChI=1S/C58H87N3O18/c1-15-42-58(10)50(78-55(69)79-58)32(4)45(63)30(2)27-56(8,70-13)49(77-54-47(65)41(60(11)12)25-31(3)72-54)33(5)48(34(6)53(68)74-42)76-44-28-57(9,71-14)51(35(7)73-44)75-43(62)22-24-59-23-16-17-36-18-21-40-38(26-36)46(64)39(52(66)67)29-61(40)37-19-20-37/h18,21,26,29-35,37,41-42,44,47-51,54,59,65H,15-17,19-20,22-25,27-28H2,1-14H3,(H,66,67)/t30-,31+,32-,33+,34+,35-,41-,42-,44+,47-,48+,49-,50+,51+,54-,56+,57-,58+/m0/s1. The number of aliphatic hydroxyl groups is 1. The molecule has 1 saturated carbocycles. The number of carbonyl (C=O) groups excluding carboxylic acids is 4. The second-order valence-electron chi connectivity index (χ2n) is 23.8. The van der Waals surface area contributed by atoms with E-state index in [0.29, 0.717) is 37.7 Å². The second-order valence-corrected chi connectivity index (χ2v) is 23.8. The number of cyclic esters (lactones) is 1. The normalized spacial score (nSPS) is 37.7. The van der Waals surface area contributed by atoms with E-state index in [2.05, 4.69) is 5.32 Å². The molecular formula is C58H87N3O18. The van der Waals surface area contributed by atoms with Crippen molar-refractivity contribution < 1.29 is 81.6 Å². The van der Waals surface area contributed by atoms with Crippen molar-refractivity contribution in [1.82, 2.24) is 14.8 Å². The molecule has 7 rings (SSSR count). The van der Waals surface area contributed by atoms with Gasteiger partial charge in [-0.1, -0.05) is 33.8 Å². The SMILES string of the molecule is CC[C@@H]1OC(=O)[C@H](C)[C@H](O[C@@H]2C[C@](C)(OC)[C@H](OC(=O)CCNCCCc3ccc4c(c3)c(=O)c(C(=O)O)cn4C3CC3)[C@H](C)O2)[C@@H](C)[C@H](O[C@@H]2O[C@H](C)C[C@H](N(C)C)[C@@H]2O)[C@](C)(OC)C[C@H](C)C(=O)[C@H](C)[C@H]2OC(=O)O[C@]12C. The Morgan fingerprint density at radius 3 is 2.20 bits per heavy atom. The van der Waals surface area contributed by atoms with Crippen LogP contribution in [0.3, 0.4) is 0 Å². The van der Waals surface area contributed by atoms with E-state index >= 15 is 0 Å². The molecule has 0 unspecified atom stereocenters. The van der Waals surface area contributed by atoms with E-state index in [0.717, 1.165) is 23.9 Å². The first-order valence-electron chi connectivity index (χ1n) is 28.2. The fourth-order valence-electron chi connectivity index (χ4n) is 12.7. The van der Waals surface area contributed by atoms with Crippen molar-refractivity contribution in [2.45, 2.75) is 217 Å². The molecule has 79 heavy (non-hydrogen) atoms. The lowest BCUT2D eigenvalue weighted by Gasteiger charge is -2.50. The van der Waals surface area contributed by atoms with Crippen molar-refractivity contribution in [3.63, 3.8) is 0 Å². The zero-order valence-corrected chi connectivity index (χ0v) is 48.6. The Labute approximate surface area is 463 Å². The molecule has 1 aromatic heterocycles. The van der Waals surface area contributed by atoms with Crippen LogP contribution in [0.1, 0.15) is 143 Å². The number of likely N-dealkylation sites (N-methyl/N-ethyl adjacent to an activating group) is 1. The molecular weight excluding hydrogens is 1030 g/mol. The highest BCUT2D eigenvalue weighted by Gasteiger charge is 2.60. The van der Waals surface area contributed by atoms with Gasteiger partial charge in [-0.15, -0.1) is 0 Å². The van der Waals surface area contributed by atoms with Crippen molar-refractivity contribution in [2.24, 2.45) is 23.7 Å². The highest BCUT2D eigenvalue weighted by molar-refractivity contribution is 5.93. The van der Waals surface area contributed by atoms with Crippen LogP contribution in [0.4, 0.5) is 4.79 Å². The zero-order chi connectivity index (χ0) is 58.1. The summed E-state index contributed by atoms with van der Waals surface area (Å²) in [6.07, 6.45) is -4.99. The number of aryl methyl sites for hydroxylation is 1. The first-order chi connectivity index (χ1) is 37.2. The summed E-state index contributed by atoms with van der Waals surface area (Å²) in [6.45, 7) is 18.5. The summed E-state index contributed by atoms with van der Waals surface area (Å²) in [6, 6.07) is 5.49. The molecule has 0 amide bonds. The molecule has 18 atom stereocenters. The number of aliphatic hydroxyl groups excluding tert-OH is 1. The Balaban J connectivity index is 1.08. The molecule has 1 aromatic carbocycles. The molecule has 0 radical (unpaired) electrons. The largest absolute Gasteiger partial charge is 0.509 e. The maximum Gasteiger partial charge on any atom is 0.509 e. The molecule has 0 spiro atoms. The number of esters is 2. The van der Waals surface area contributed by atoms with E-state index in [1.165, 1.54) is 20.4 Å². The van der Waals surface area contributed by atoms with Crippen LogP contribution in [-0.4, -0.2) is 175 Å². The lowest BCUT2D eigenvalue weighted by Crippen LogP contribution is -2.61. The van der Waals surface area contributed by atoms with Crippen LogP contribution in [-0.2, 0) is 68.2 Å². The number of benzene rings is 1. The van der Waals surface area contributed by atoms with Crippen LogP contribution < -0.4 is 10.7 Å². The van der Waals surface area contributed by atoms with Crippen molar-refractivity contribution in [3.05, 3.63) is 45.7 Å². The molecule has 3 N–H and O–H groups in total. The Kier molecular flexibility index (Phi) is 19.8. The molecule has 2 aromatic rings. The summed E-state index contributed by atoms with van der Waals surface area (Å²) in [4.78, 5) is 82.7. The number of hydrogen-bond donors (Lipinski definition) is 3. The topological polar surface area (TPSA) is 255 Å². The van der Waals surface area contributed by atoms with Crippen molar-refractivity contribution >= 4 is 40.7 Å². The number of carboxylic acids is 1. The number of ether oxygens (including phenoxy) is 10. The van der Waals surface area contributed by atoms with E-state index in [1.54, 1.807) is 54.5 Å². The van der Waals surface area contributed by atoms with Crippen LogP contribution in [0.5, 0.6) is 0 Å². The number of nitrogens with one attached hydrogen (secondary N) is 1. The predicted molar refractivity (Wildman–Crippen MR) is 287 cm³/mol. The molecule has 21 nitrogen and oxygen atoms in total. The Hall–Kier alpha value is -4.58. The van der Waals surface area contributed by atoms with Gasteiger partial charge in [-0.05, 0) is 125 Å². The minimum absolute atomic E-state index is 0.0386. The van der Waals surface area contributed by atoms with Crippen LogP contribution in [0.25, 0.3) is 10.9 Å². The molecule has 21 heteroatoms. The number of pyridine rings is 1. The number of hydrogen-bond acceptors (Lipinski definition) is 19. The Morgan fingerprint density at radius 1 is 0.886 bits per heavy atom. The van der Waals surface area contributed by atoms with Crippen molar-refractivity contribution in [3.8, 4) is 0 Å². The third-order valence-corrected chi connectivity index (χ3v) is 17.5. The minimum atomic E-state index is -1.53. The third-order valence-electron chi connectivity index (χ3n) is 17.5. The van der Waals surface area contributed by atoms with Gasteiger partial charge in [-0.2, -0.15) is 0 Å². The van der Waals surface area contributed by atoms with Gasteiger partial charge in [-0.3, -0.25) is 19.2 Å². The van der Waals surface area contributed by atoms with Gasteiger partial charge in [0.05, 0.1) is 53.8 Å². The summed E-state index contributed by atoms with van der Waals surface area (Å²) in [5.74, 6) is -6.12. The highest BCUT2D eigenvalue weighted by atomic mass is 16.8. The number of carboxylic acid groups (broad SMARTS) is 1. The van der Waals surface area contributed by atoms with Crippen molar-refractivity contribution in [1.29, 1.82) is 0 Å². The van der Waals surface area contributed by atoms with E-state index in [1.807, 2.05) is 56.5 Å². The van der Waals surface area contributed by atoms with Crippen molar-refractivity contribution in [2.75, 3.05) is 41.4 Å². The molecule has 4 saturated heterocycles. The second kappa shape index (κ2) is 25.3. The van der Waals surface area contributed by atoms with Gasteiger partial charge >= 0.3 is 24.1 Å². The van der Waals surface area contributed by atoms with Gasteiger partial charge in [0.1, 0.15) is 29.2 Å². The predicted octanol–water partition coefficient (Wildman–Crippen LogP) is 6.13. The van der Waals surface area contributed by atoms with E-state index in [9.17, 15) is 39.0 Å². The molecule has 5 aliphatic rings. The van der Waals surface area contributed by atoms with Crippen LogP contribution in [0.15, 0.2) is 29.2 Å². The van der Waals surface area contributed by atoms with Gasteiger partial charge in [0.15, 0.2) is 30.4 Å². The average Bonchev–Trinajstić information content (AvgIpc) is 4.34. The Morgan fingerprint density at radius 2 is 1.57 bits per heavy atom. The third kappa shape index (κ3) is 13.4. The highest BCUT2D eigenvalue weighted by Crippen LogP contribution is 2.45. The molecule has 4 aliphatic heterocycles. The van der Waals surface area contributed by atoms with Crippen LogP contribution in [0, 0.1) is 23.7 Å². The van der Waals surface area contributed by atoms with Gasteiger partial charge in [-0.25, -0.2) is 9.59 Å². The van der Waals surface area contributed by atoms with E-state index < -0.39 is 125 Å².